The normalized spacial score (nSPS) is 11.6. The molecule has 0 aliphatic rings. The molecule has 2 heteroatoms. The van der Waals surface area contributed by atoms with Crippen LogP contribution in [0.3, 0.4) is 0 Å². The predicted octanol–water partition coefficient (Wildman–Crippen LogP) is 7.92. The second kappa shape index (κ2) is 10.1. The fourth-order valence-corrected chi connectivity index (χ4v) is 7.20. The molecular formula is C42H26B2. The van der Waals surface area contributed by atoms with Gasteiger partial charge < -0.3 is 0 Å². The monoisotopic (exact) mass is 552 g/mol. The summed E-state index contributed by atoms with van der Waals surface area (Å²) in [6.45, 7) is 0. The van der Waals surface area contributed by atoms with Gasteiger partial charge in [-0.05, 0) is 76.8 Å². The third-order valence-corrected chi connectivity index (χ3v) is 9.22. The number of hydrogen-bond acceptors (Lipinski definition) is 0. The molecule has 0 aromatic heterocycles. The molecule has 0 amide bonds. The maximum atomic E-state index is 2.44. The SMILES string of the molecule is [B](c1c2ccccc2cc2ccccc12)c1c2ccccc2c([B]c2c3ccccc3cc3ccccc23)c2ccccc12. The Morgan fingerprint density at radius 1 is 0.227 bits per heavy atom. The Hall–Kier alpha value is -5.33. The van der Waals surface area contributed by atoms with Gasteiger partial charge in [0.1, 0.15) is 0 Å². The standard InChI is InChI=1S/C42H26B2/c1-5-17-31-27(13-1)25-28-14-2-6-18-32(28)39(31)43-41-35-21-9-11-23-37(35)42(38-24-12-10-22-36(38)41)44-40-33-19-7-3-15-29(33)26-30-16-4-8-20-34(30)40/h1-26H. The van der Waals surface area contributed by atoms with Crippen LogP contribution < -0.4 is 21.9 Å². The van der Waals surface area contributed by atoms with Gasteiger partial charge in [0, 0.05) is 0 Å². The predicted molar refractivity (Wildman–Crippen MR) is 194 cm³/mol. The van der Waals surface area contributed by atoms with Gasteiger partial charge in [0.15, 0.2) is 14.6 Å². The summed E-state index contributed by atoms with van der Waals surface area (Å²) in [5.74, 6) is 0. The van der Waals surface area contributed by atoms with E-state index in [2.05, 4.69) is 172 Å². The summed E-state index contributed by atoms with van der Waals surface area (Å²) in [7, 11) is 4.87. The van der Waals surface area contributed by atoms with Crippen molar-refractivity contribution in [2.75, 3.05) is 0 Å². The minimum Gasteiger partial charge on any atom is -0.0660 e. The number of rotatable bonds is 4. The molecule has 2 radical (unpaired) electrons. The number of benzene rings is 9. The lowest BCUT2D eigenvalue weighted by atomic mass is 9.54. The van der Waals surface area contributed by atoms with Crippen LogP contribution in [0.1, 0.15) is 0 Å². The minimum absolute atomic E-state index is 1.26. The third kappa shape index (κ3) is 3.95. The van der Waals surface area contributed by atoms with Crippen molar-refractivity contribution in [1.29, 1.82) is 0 Å². The molecule has 0 fully saturated rings. The van der Waals surface area contributed by atoms with Gasteiger partial charge in [-0.2, -0.15) is 0 Å². The lowest BCUT2D eigenvalue weighted by Crippen LogP contribution is -2.35. The van der Waals surface area contributed by atoms with Gasteiger partial charge in [-0.15, -0.1) is 0 Å². The molecule has 0 unspecified atom stereocenters. The molecule has 0 saturated heterocycles. The van der Waals surface area contributed by atoms with E-state index in [1.54, 1.807) is 0 Å². The van der Waals surface area contributed by atoms with Crippen LogP contribution >= 0.6 is 0 Å². The van der Waals surface area contributed by atoms with Crippen molar-refractivity contribution in [3.63, 3.8) is 0 Å². The van der Waals surface area contributed by atoms with E-state index in [9.17, 15) is 0 Å². The molecule has 44 heavy (non-hydrogen) atoms. The van der Waals surface area contributed by atoms with Gasteiger partial charge in [0.2, 0.25) is 0 Å². The Bertz CT molecular complexity index is 2220. The van der Waals surface area contributed by atoms with E-state index in [1.165, 1.54) is 86.5 Å². The van der Waals surface area contributed by atoms with Gasteiger partial charge in [0.25, 0.3) is 0 Å². The van der Waals surface area contributed by atoms with E-state index in [0.29, 0.717) is 0 Å². The van der Waals surface area contributed by atoms with Crippen LogP contribution in [0.2, 0.25) is 0 Å². The lowest BCUT2D eigenvalue weighted by molar-refractivity contribution is 1.78. The highest BCUT2D eigenvalue weighted by Gasteiger charge is 2.19. The van der Waals surface area contributed by atoms with Gasteiger partial charge in [-0.1, -0.05) is 167 Å². The Balaban J connectivity index is 1.33. The average Bonchev–Trinajstić information content (AvgIpc) is 3.09. The van der Waals surface area contributed by atoms with Crippen LogP contribution in [0.15, 0.2) is 158 Å². The van der Waals surface area contributed by atoms with Crippen LogP contribution in [-0.2, 0) is 0 Å². The topological polar surface area (TPSA) is 0 Å². The van der Waals surface area contributed by atoms with E-state index >= 15 is 0 Å². The fraction of sp³-hybridized carbons (Fsp3) is 0. The van der Waals surface area contributed by atoms with E-state index in [4.69, 9.17) is 0 Å². The lowest BCUT2D eigenvalue weighted by Gasteiger charge is -2.19. The third-order valence-electron chi connectivity index (χ3n) is 9.22. The van der Waals surface area contributed by atoms with Crippen molar-refractivity contribution in [3.8, 4) is 0 Å². The fourth-order valence-electron chi connectivity index (χ4n) is 7.20. The van der Waals surface area contributed by atoms with Crippen LogP contribution in [0.4, 0.5) is 0 Å². The Kier molecular flexibility index (Phi) is 5.81. The van der Waals surface area contributed by atoms with Crippen molar-refractivity contribution in [2.45, 2.75) is 0 Å². The van der Waals surface area contributed by atoms with Crippen molar-refractivity contribution in [1.82, 2.24) is 0 Å². The average molecular weight is 552 g/mol. The van der Waals surface area contributed by atoms with Crippen molar-refractivity contribution in [2.24, 2.45) is 0 Å². The molecule has 9 rings (SSSR count). The molecule has 0 spiro atoms. The number of hydrogen-bond donors (Lipinski definition) is 0. The van der Waals surface area contributed by atoms with Gasteiger partial charge in [0.05, 0.1) is 0 Å². The molecular weight excluding hydrogens is 526 g/mol. The molecule has 9 aromatic rings. The van der Waals surface area contributed by atoms with E-state index < -0.39 is 0 Å². The maximum Gasteiger partial charge on any atom is 0.194 e. The van der Waals surface area contributed by atoms with Crippen LogP contribution in [0, 0.1) is 0 Å². The minimum atomic E-state index is 1.26. The molecule has 0 aliphatic carbocycles. The zero-order valence-corrected chi connectivity index (χ0v) is 24.2. The second-order valence-corrected chi connectivity index (χ2v) is 11.7. The Labute approximate surface area is 258 Å². The van der Waals surface area contributed by atoms with Crippen molar-refractivity contribution < 1.29 is 0 Å². The summed E-state index contributed by atoms with van der Waals surface area (Å²) in [4.78, 5) is 0. The quantitative estimate of drug-likeness (QED) is 0.154. The Morgan fingerprint density at radius 3 is 0.705 bits per heavy atom. The van der Waals surface area contributed by atoms with E-state index in [-0.39, 0.29) is 0 Å². The van der Waals surface area contributed by atoms with Gasteiger partial charge in [-0.3, -0.25) is 0 Å². The molecule has 0 nitrogen and oxygen atoms in total. The van der Waals surface area contributed by atoms with Crippen molar-refractivity contribution >= 4 is 101 Å². The highest BCUT2D eigenvalue weighted by atomic mass is 14.1. The first kappa shape index (κ1) is 25.2. The van der Waals surface area contributed by atoms with E-state index in [0.717, 1.165) is 0 Å². The molecule has 9 aromatic carbocycles. The van der Waals surface area contributed by atoms with Gasteiger partial charge >= 0.3 is 0 Å². The van der Waals surface area contributed by atoms with Crippen LogP contribution in [0.25, 0.3) is 64.6 Å². The molecule has 200 valence electrons. The first-order valence-electron chi connectivity index (χ1n) is 15.3. The van der Waals surface area contributed by atoms with Gasteiger partial charge in [-0.25, -0.2) is 0 Å². The summed E-state index contributed by atoms with van der Waals surface area (Å²) in [6, 6.07) is 57.5. The number of fused-ring (bicyclic) bond motifs is 6. The second-order valence-electron chi connectivity index (χ2n) is 11.7. The zero-order valence-electron chi connectivity index (χ0n) is 24.2. The molecule has 0 bridgehead atoms. The van der Waals surface area contributed by atoms with Crippen molar-refractivity contribution in [3.05, 3.63) is 158 Å². The molecule has 0 heterocycles. The zero-order chi connectivity index (χ0) is 29.0. The first-order valence-corrected chi connectivity index (χ1v) is 15.3. The summed E-state index contributed by atoms with van der Waals surface area (Å²) >= 11 is 0. The summed E-state index contributed by atoms with van der Waals surface area (Å²) in [5.41, 5.74) is 5.06. The van der Waals surface area contributed by atoms with Crippen LogP contribution in [0.5, 0.6) is 0 Å². The first-order chi connectivity index (χ1) is 21.8. The summed E-state index contributed by atoms with van der Waals surface area (Å²) in [5, 5.41) is 15.2. The largest absolute Gasteiger partial charge is 0.194 e. The Morgan fingerprint density at radius 2 is 0.432 bits per heavy atom. The van der Waals surface area contributed by atoms with E-state index in [1.807, 2.05) is 0 Å². The molecule has 0 aliphatic heterocycles. The smallest absolute Gasteiger partial charge is 0.0660 e. The molecule has 0 N–H and O–H groups in total. The summed E-state index contributed by atoms with van der Waals surface area (Å²) in [6.07, 6.45) is 0. The highest BCUT2D eigenvalue weighted by Crippen LogP contribution is 2.25. The molecule has 0 saturated carbocycles. The van der Waals surface area contributed by atoms with Crippen LogP contribution in [-0.4, -0.2) is 14.6 Å². The highest BCUT2D eigenvalue weighted by molar-refractivity contribution is 6.81. The maximum absolute atomic E-state index is 2.44. The summed E-state index contributed by atoms with van der Waals surface area (Å²) < 4.78 is 0. The molecule has 0 atom stereocenters.